The van der Waals surface area contributed by atoms with Crippen LogP contribution < -0.4 is 5.32 Å². The molecule has 0 bridgehead atoms. The van der Waals surface area contributed by atoms with Gasteiger partial charge in [0.05, 0.1) is 24.2 Å². The average Bonchev–Trinajstić information content (AvgIpc) is 2.02. The van der Waals surface area contributed by atoms with E-state index < -0.39 is 9.84 Å². The highest BCUT2D eigenvalue weighted by Crippen LogP contribution is 2.17. The summed E-state index contributed by atoms with van der Waals surface area (Å²) in [5.41, 5.74) is 0. The molecule has 0 saturated carbocycles. The smallest absolute Gasteiger partial charge is 0.152 e. The number of fused-ring (bicyclic) bond motifs is 1. The first-order valence-corrected chi connectivity index (χ1v) is 6.05. The number of rotatable bonds is 0. The maximum atomic E-state index is 11.2. The molecule has 70 valence electrons. The molecule has 0 aromatic carbocycles. The molecule has 0 spiro atoms. The van der Waals surface area contributed by atoms with E-state index in [9.17, 15) is 8.42 Å². The van der Waals surface area contributed by atoms with Crippen LogP contribution in [0.15, 0.2) is 0 Å². The minimum Gasteiger partial charge on any atom is -0.374 e. The Kier molecular flexibility index (Phi) is 2.10. The molecule has 0 radical (unpaired) electrons. The number of hydrogen-bond acceptors (Lipinski definition) is 4. The van der Waals surface area contributed by atoms with Crippen LogP contribution in [0.1, 0.15) is 6.42 Å². The summed E-state index contributed by atoms with van der Waals surface area (Å²) in [4.78, 5) is 0. The Morgan fingerprint density at radius 3 is 3.08 bits per heavy atom. The maximum absolute atomic E-state index is 11.2. The van der Waals surface area contributed by atoms with Crippen molar-refractivity contribution in [3.63, 3.8) is 0 Å². The molecule has 0 aromatic heterocycles. The lowest BCUT2D eigenvalue weighted by Crippen LogP contribution is -2.54. The van der Waals surface area contributed by atoms with E-state index in [-0.39, 0.29) is 17.9 Å². The molecule has 2 rings (SSSR count). The van der Waals surface area contributed by atoms with Crippen LogP contribution in [0.25, 0.3) is 0 Å². The average molecular weight is 191 g/mol. The van der Waals surface area contributed by atoms with Crippen molar-refractivity contribution in [1.29, 1.82) is 0 Å². The fraction of sp³-hybridized carbons (Fsp3) is 1.00. The monoisotopic (exact) mass is 191 g/mol. The fourth-order valence-electron chi connectivity index (χ4n) is 1.79. The summed E-state index contributed by atoms with van der Waals surface area (Å²) in [5.74, 6) is 0.509. The first-order valence-electron chi connectivity index (χ1n) is 4.23. The summed E-state index contributed by atoms with van der Waals surface area (Å²) in [5, 5.41) is 3.27. The molecular formula is C7H13NO3S. The molecule has 2 fully saturated rings. The second kappa shape index (κ2) is 2.97. The van der Waals surface area contributed by atoms with E-state index in [4.69, 9.17) is 4.74 Å². The van der Waals surface area contributed by atoms with Crippen molar-refractivity contribution in [2.75, 3.05) is 24.7 Å². The molecule has 2 atom stereocenters. The summed E-state index contributed by atoms with van der Waals surface area (Å²) in [6, 6.07) is 0.266. The molecule has 0 aliphatic carbocycles. The third kappa shape index (κ3) is 1.62. The van der Waals surface area contributed by atoms with Crippen LogP contribution >= 0.6 is 0 Å². The van der Waals surface area contributed by atoms with E-state index in [1.54, 1.807) is 0 Å². The Balaban J connectivity index is 2.08. The minimum atomic E-state index is -2.82. The van der Waals surface area contributed by atoms with E-state index in [1.807, 2.05) is 0 Å². The Hall–Kier alpha value is -0.130. The maximum Gasteiger partial charge on any atom is 0.152 e. The lowest BCUT2D eigenvalue weighted by molar-refractivity contribution is 0.00670. The molecule has 4 nitrogen and oxygen atoms in total. The number of hydrogen-bond donors (Lipinski definition) is 1. The van der Waals surface area contributed by atoms with Gasteiger partial charge < -0.3 is 10.1 Å². The normalized spacial score (nSPS) is 40.3. The van der Waals surface area contributed by atoms with Gasteiger partial charge in [-0.25, -0.2) is 8.42 Å². The molecule has 0 amide bonds. The second-order valence-electron chi connectivity index (χ2n) is 3.37. The van der Waals surface area contributed by atoms with Crippen molar-refractivity contribution in [3.05, 3.63) is 0 Å². The topological polar surface area (TPSA) is 55.4 Å². The number of sulfone groups is 1. The van der Waals surface area contributed by atoms with E-state index in [1.165, 1.54) is 0 Å². The largest absolute Gasteiger partial charge is 0.374 e. The van der Waals surface area contributed by atoms with Crippen molar-refractivity contribution < 1.29 is 13.2 Å². The van der Waals surface area contributed by atoms with Gasteiger partial charge in [0, 0.05) is 12.6 Å². The molecule has 2 heterocycles. The highest BCUT2D eigenvalue weighted by atomic mass is 32.2. The molecule has 12 heavy (non-hydrogen) atoms. The van der Waals surface area contributed by atoms with Crippen molar-refractivity contribution in [3.8, 4) is 0 Å². The molecule has 2 aliphatic heterocycles. The highest BCUT2D eigenvalue weighted by Gasteiger charge is 2.35. The zero-order valence-electron chi connectivity index (χ0n) is 6.82. The SMILES string of the molecule is O=S1(=O)CC[C@H]2NCCO[C@H]2C1. The lowest BCUT2D eigenvalue weighted by Gasteiger charge is -2.35. The quantitative estimate of drug-likeness (QED) is 0.542. The third-order valence-electron chi connectivity index (χ3n) is 2.45. The van der Waals surface area contributed by atoms with Crippen molar-refractivity contribution >= 4 is 9.84 Å². The molecule has 2 aliphatic rings. The van der Waals surface area contributed by atoms with Gasteiger partial charge in [-0.05, 0) is 6.42 Å². The van der Waals surface area contributed by atoms with E-state index in [2.05, 4.69) is 5.32 Å². The highest BCUT2D eigenvalue weighted by molar-refractivity contribution is 7.91. The zero-order valence-corrected chi connectivity index (χ0v) is 7.64. The van der Waals surface area contributed by atoms with E-state index in [0.29, 0.717) is 18.8 Å². The number of morpholine rings is 1. The predicted molar refractivity (Wildman–Crippen MR) is 44.8 cm³/mol. The van der Waals surface area contributed by atoms with Crippen LogP contribution in [0, 0.1) is 0 Å². The van der Waals surface area contributed by atoms with Crippen LogP contribution in [0.2, 0.25) is 0 Å². The zero-order chi connectivity index (χ0) is 8.60. The summed E-state index contributed by atoms with van der Waals surface area (Å²) in [6.45, 7) is 1.48. The van der Waals surface area contributed by atoms with Crippen LogP contribution in [-0.4, -0.2) is 45.2 Å². The van der Waals surface area contributed by atoms with Gasteiger partial charge in [0.1, 0.15) is 0 Å². The first kappa shape index (κ1) is 8.47. The first-order chi connectivity index (χ1) is 5.67. The Morgan fingerprint density at radius 1 is 1.42 bits per heavy atom. The Labute approximate surface area is 72.2 Å². The fourth-order valence-corrected chi connectivity index (χ4v) is 3.40. The van der Waals surface area contributed by atoms with Gasteiger partial charge in [-0.1, -0.05) is 0 Å². The summed E-state index contributed by atoms with van der Waals surface area (Å²) in [6.07, 6.45) is 0.602. The molecule has 1 N–H and O–H groups in total. The summed E-state index contributed by atoms with van der Waals surface area (Å²) >= 11 is 0. The van der Waals surface area contributed by atoms with Crippen LogP contribution in [0.5, 0.6) is 0 Å². The number of nitrogens with one attached hydrogen (secondary N) is 1. The molecule has 0 unspecified atom stereocenters. The Bertz CT molecular complexity index is 262. The third-order valence-corrected chi connectivity index (χ3v) is 4.14. The predicted octanol–water partition coefficient (Wildman–Crippen LogP) is -0.838. The van der Waals surface area contributed by atoms with Gasteiger partial charge in [-0.15, -0.1) is 0 Å². The van der Waals surface area contributed by atoms with E-state index >= 15 is 0 Å². The van der Waals surface area contributed by atoms with Gasteiger partial charge in [-0.2, -0.15) is 0 Å². The van der Waals surface area contributed by atoms with Crippen molar-refractivity contribution in [2.24, 2.45) is 0 Å². The molecule has 5 heteroatoms. The standard InChI is InChI=1S/C7H13NO3S/c9-12(10)4-1-6-7(5-12)11-3-2-8-6/h6-8H,1-5H2/t6-,7+/m1/s1. The minimum absolute atomic E-state index is 0.0995. The van der Waals surface area contributed by atoms with Crippen molar-refractivity contribution in [1.82, 2.24) is 5.32 Å². The second-order valence-corrected chi connectivity index (χ2v) is 5.60. The van der Waals surface area contributed by atoms with Crippen LogP contribution in [-0.2, 0) is 14.6 Å². The van der Waals surface area contributed by atoms with E-state index in [0.717, 1.165) is 6.54 Å². The Morgan fingerprint density at radius 2 is 2.25 bits per heavy atom. The summed E-state index contributed by atoms with van der Waals surface area (Å²) < 4.78 is 27.8. The van der Waals surface area contributed by atoms with Gasteiger partial charge in [-0.3, -0.25) is 0 Å². The lowest BCUT2D eigenvalue weighted by atomic mass is 10.1. The summed E-state index contributed by atoms with van der Waals surface area (Å²) in [7, 11) is -2.82. The molecule has 0 aromatic rings. The van der Waals surface area contributed by atoms with Gasteiger partial charge in [0.15, 0.2) is 9.84 Å². The number of ether oxygens (including phenoxy) is 1. The van der Waals surface area contributed by atoms with Gasteiger partial charge in [0.25, 0.3) is 0 Å². The van der Waals surface area contributed by atoms with Gasteiger partial charge in [0.2, 0.25) is 0 Å². The van der Waals surface area contributed by atoms with Crippen LogP contribution in [0.3, 0.4) is 0 Å². The van der Waals surface area contributed by atoms with Crippen LogP contribution in [0.4, 0.5) is 0 Å². The van der Waals surface area contributed by atoms with Crippen molar-refractivity contribution in [2.45, 2.75) is 18.6 Å². The van der Waals surface area contributed by atoms with Gasteiger partial charge >= 0.3 is 0 Å². The molecular weight excluding hydrogens is 178 g/mol. The molecule has 2 saturated heterocycles.